The first-order chi connectivity index (χ1) is 11.9. The van der Waals surface area contributed by atoms with Crippen LogP contribution in [0.4, 0.5) is 0 Å². The van der Waals surface area contributed by atoms with Crippen LogP contribution in [-0.2, 0) is 34.2 Å². The molecule has 1 N–H and O–H groups in total. The second-order valence-electron chi connectivity index (χ2n) is 5.56. The van der Waals surface area contributed by atoms with E-state index < -0.39 is 10.0 Å². The number of nitrogens with zero attached hydrogens (tertiary/aromatic N) is 3. The number of aryl methyl sites for hydroxylation is 2. The lowest BCUT2D eigenvalue weighted by atomic mass is 10.1. The summed E-state index contributed by atoms with van der Waals surface area (Å²) in [5.41, 5.74) is 0.893. The van der Waals surface area contributed by atoms with E-state index in [1.807, 2.05) is 6.92 Å². The van der Waals surface area contributed by atoms with Crippen molar-refractivity contribution in [1.29, 1.82) is 0 Å². The average Bonchev–Trinajstić information content (AvgIpc) is 3.07. The molecule has 0 aliphatic carbocycles. The fraction of sp³-hybridized carbons (Fsp3) is 0.438. The SMILES string of the molecule is CCc1nc(CN(C)C(=O)CCc2ccc(S(=O)(=O)NC)cc2)no1. The van der Waals surface area contributed by atoms with E-state index in [0.29, 0.717) is 37.5 Å². The molecule has 1 heterocycles. The van der Waals surface area contributed by atoms with Crippen molar-refractivity contribution in [3.63, 3.8) is 0 Å². The lowest BCUT2D eigenvalue weighted by Crippen LogP contribution is -2.27. The summed E-state index contributed by atoms with van der Waals surface area (Å²) in [6.07, 6.45) is 1.49. The Kier molecular flexibility index (Phi) is 6.27. The van der Waals surface area contributed by atoms with E-state index in [1.165, 1.54) is 19.2 Å². The van der Waals surface area contributed by atoms with Crippen LogP contribution in [0.1, 0.15) is 30.6 Å². The number of aromatic nitrogens is 2. The van der Waals surface area contributed by atoms with Crippen LogP contribution in [0.2, 0.25) is 0 Å². The lowest BCUT2D eigenvalue weighted by molar-refractivity contribution is -0.130. The Balaban J connectivity index is 1.88. The molecule has 2 aromatic rings. The summed E-state index contributed by atoms with van der Waals surface area (Å²) in [6, 6.07) is 6.48. The minimum Gasteiger partial charge on any atom is -0.339 e. The predicted octanol–water partition coefficient (Wildman–Crippen LogP) is 1.13. The Morgan fingerprint density at radius 1 is 1.28 bits per heavy atom. The van der Waals surface area contributed by atoms with Gasteiger partial charge in [-0.05, 0) is 31.2 Å². The lowest BCUT2D eigenvalue weighted by Gasteiger charge is -2.15. The molecule has 0 bridgehead atoms. The molecule has 0 aliphatic rings. The average molecular weight is 366 g/mol. The van der Waals surface area contributed by atoms with E-state index in [-0.39, 0.29) is 10.8 Å². The molecule has 0 aliphatic heterocycles. The molecule has 1 aromatic carbocycles. The maximum absolute atomic E-state index is 12.2. The highest BCUT2D eigenvalue weighted by molar-refractivity contribution is 7.89. The van der Waals surface area contributed by atoms with Crippen molar-refractivity contribution in [2.45, 2.75) is 37.6 Å². The van der Waals surface area contributed by atoms with Crippen LogP contribution >= 0.6 is 0 Å². The number of sulfonamides is 1. The summed E-state index contributed by atoms with van der Waals surface area (Å²) in [7, 11) is -0.389. The monoisotopic (exact) mass is 366 g/mol. The molecule has 2 rings (SSSR count). The van der Waals surface area contributed by atoms with E-state index in [4.69, 9.17) is 4.52 Å². The van der Waals surface area contributed by atoms with Gasteiger partial charge in [-0.15, -0.1) is 0 Å². The number of benzene rings is 1. The van der Waals surface area contributed by atoms with Crippen molar-refractivity contribution in [1.82, 2.24) is 19.8 Å². The van der Waals surface area contributed by atoms with Gasteiger partial charge in [0, 0.05) is 19.9 Å². The Labute approximate surface area is 147 Å². The summed E-state index contributed by atoms with van der Waals surface area (Å²) >= 11 is 0. The van der Waals surface area contributed by atoms with Crippen LogP contribution in [0.15, 0.2) is 33.7 Å². The summed E-state index contributed by atoms with van der Waals surface area (Å²) in [6.45, 7) is 2.21. The highest BCUT2D eigenvalue weighted by atomic mass is 32.2. The normalized spacial score (nSPS) is 11.5. The number of amides is 1. The van der Waals surface area contributed by atoms with Crippen molar-refractivity contribution in [2.24, 2.45) is 0 Å². The van der Waals surface area contributed by atoms with Crippen LogP contribution in [0, 0.1) is 0 Å². The third-order valence-corrected chi connectivity index (χ3v) is 5.18. The van der Waals surface area contributed by atoms with Gasteiger partial charge in [-0.1, -0.05) is 24.2 Å². The Hall–Kier alpha value is -2.26. The van der Waals surface area contributed by atoms with E-state index in [2.05, 4.69) is 14.9 Å². The standard InChI is InChI=1S/C16H22N4O4S/c1-4-15-18-14(19-24-15)11-20(3)16(21)10-7-12-5-8-13(9-6-12)25(22,23)17-2/h5-6,8-9,17H,4,7,10-11H2,1-3H3. The Bertz CT molecular complexity index is 815. The van der Waals surface area contributed by atoms with E-state index in [0.717, 1.165) is 5.56 Å². The Morgan fingerprint density at radius 2 is 1.96 bits per heavy atom. The van der Waals surface area contributed by atoms with Gasteiger partial charge in [-0.3, -0.25) is 4.79 Å². The zero-order chi connectivity index (χ0) is 18.4. The molecule has 0 saturated heterocycles. The minimum atomic E-state index is -3.44. The second kappa shape index (κ2) is 8.21. The van der Waals surface area contributed by atoms with Gasteiger partial charge >= 0.3 is 0 Å². The molecule has 1 amide bonds. The van der Waals surface area contributed by atoms with Crippen LogP contribution in [0.25, 0.3) is 0 Å². The number of carbonyl (C=O) groups is 1. The molecular formula is C16H22N4O4S. The molecule has 9 heteroatoms. The first kappa shape index (κ1) is 19.1. The molecule has 8 nitrogen and oxygen atoms in total. The van der Waals surface area contributed by atoms with Crippen LogP contribution in [0.5, 0.6) is 0 Å². The van der Waals surface area contributed by atoms with Gasteiger partial charge in [-0.25, -0.2) is 13.1 Å². The molecule has 0 saturated carbocycles. The fourth-order valence-electron chi connectivity index (χ4n) is 2.19. The topological polar surface area (TPSA) is 105 Å². The maximum Gasteiger partial charge on any atom is 0.240 e. The number of nitrogens with one attached hydrogen (secondary N) is 1. The molecule has 0 fully saturated rings. The van der Waals surface area contributed by atoms with Gasteiger partial charge in [-0.2, -0.15) is 4.98 Å². The van der Waals surface area contributed by atoms with E-state index in [1.54, 1.807) is 24.1 Å². The fourth-order valence-corrected chi connectivity index (χ4v) is 2.92. The molecule has 0 radical (unpaired) electrons. The van der Waals surface area contributed by atoms with Gasteiger partial charge in [0.25, 0.3) is 0 Å². The van der Waals surface area contributed by atoms with Crippen LogP contribution in [-0.4, -0.2) is 43.5 Å². The van der Waals surface area contributed by atoms with Crippen LogP contribution in [0.3, 0.4) is 0 Å². The quantitative estimate of drug-likeness (QED) is 0.751. The third kappa shape index (κ3) is 5.10. The third-order valence-electron chi connectivity index (χ3n) is 3.75. The molecule has 0 atom stereocenters. The highest BCUT2D eigenvalue weighted by Crippen LogP contribution is 2.12. The summed E-state index contributed by atoms with van der Waals surface area (Å²) in [5, 5.41) is 3.83. The van der Waals surface area contributed by atoms with Crippen molar-refractivity contribution in [2.75, 3.05) is 14.1 Å². The summed E-state index contributed by atoms with van der Waals surface area (Å²) < 4.78 is 30.6. The van der Waals surface area contributed by atoms with Crippen molar-refractivity contribution in [3.8, 4) is 0 Å². The summed E-state index contributed by atoms with van der Waals surface area (Å²) in [4.78, 5) is 18.1. The van der Waals surface area contributed by atoms with Crippen molar-refractivity contribution >= 4 is 15.9 Å². The zero-order valence-electron chi connectivity index (χ0n) is 14.5. The first-order valence-corrected chi connectivity index (χ1v) is 9.42. The van der Waals surface area contributed by atoms with Gasteiger partial charge in [0.15, 0.2) is 5.82 Å². The number of carbonyl (C=O) groups excluding carboxylic acids is 1. The maximum atomic E-state index is 12.2. The predicted molar refractivity (Wildman–Crippen MR) is 91.2 cm³/mol. The zero-order valence-corrected chi connectivity index (χ0v) is 15.3. The van der Waals surface area contributed by atoms with Gasteiger partial charge in [0.2, 0.25) is 21.8 Å². The molecule has 0 unspecified atom stereocenters. The van der Waals surface area contributed by atoms with E-state index in [9.17, 15) is 13.2 Å². The largest absolute Gasteiger partial charge is 0.339 e. The molecule has 25 heavy (non-hydrogen) atoms. The van der Waals surface area contributed by atoms with Crippen molar-refractivity contribution in [3.05, 3.63) is 41.5 Å². The van der Waals surface area contributed by atoms with Gasteiger partial charge in [0.05, 0.1) is 11.4 Å². The number of rotatable bonds is 8. The second-order valence-corrected chi connectivity index (χ2v) is 7.45. The molecule has 136 valence electrons. The van der Waals surface area contributed by atoms with Crippen molar-refractivity contribution < 1.29 is 17.7 Å². The molecule has 1 aromatic heterocycles. The smallest absolute Gasteiger partial charge is 0.240 e. The highest BCUT2D eigenvalue weighted by Gasteiger charge is 2.14. The van der Waals surface area contributed by atoms with Gasteiger partial charge < -0.3 is 9.42 Å². The van der Waals surface area contributed by atoms with Gasteiger partial charge in [0.1, 0.15) is 0 Å². The first-order valence-electron chi connectivity index (χ1n) is 7.93. The minimum absolute atomic E-state index is 0.0465. The molecular weight excluding hydrogens is 344 g/mol. The summed E-state index contributed by atoms with van der Waals surface area (Å²) in [5.74, 6) is 0.983. The number of hydrogen-bond acceptors (Lipinski definition) is 6. The van der Waals surface area contributed by atoms with Crippen LogP contribution < -0.4 is 4.72 Å². The Morgan fingerprint density at radius 3 is 2.52 bits per heavy atom. The number of hydrogen-bond donors (Lipinski definition) is 1. The van der Waals surface area contributed by atoms with E-state index >= 15 is 0 Å². The molecule has 0 spiro atoms.